The summed E-state index contributed by atoms with van der Waals surface area (Å²) in [6.07, 6.45) is 1.78. The number of thioether (sulfide) groups is 1. The van der Waals surface area contributed by atoms with E-state index in [1.807, 2.05) is 28.1 Å². The van der Waals surface area contributed by atoms with Gasteiger partial charge in [0.1, 0.15) is 12.4 Å². The molecule has 1 amide bonds. The first-order valence-corrected chi connectivity index (χ1v) is 14.2. The molecule has 0 aliphatic rings. The molecule has 1 N–H and O–H groups in total. The fraction of sp³-hybridized carbons (Fsp3) is 0.310. The molecule has 0 aliphatic heterocycles. The van der Waals surface area contributed by atoms with Crippen molar-refractivity contribution in [3.05, 3.63) is 83.0 Å². The van der Waals surface area contributed by atoms with E-state index in [2.05, 4.69) is 86.0 Å². The predicted octanol–water partition coefficient (Wildman–Crippen LogP) is 6.81. The highest BCUT2D eigenvalue weighted by Gasteiger charge is 2.16. The van der Waals surface area contributed by atoms with Crippen LogP contribution in [0.3, 0.4) is 0 Å². The number of allylic oxidation sites excluding steroid dienone is 1. The van der Waals surface area contributed by atoms with Crippen molar-refractivity contribution in [1.29, 1.82) is 0 Å². The van der Waals surface area contributed by atoms with Crippen LogP contribution in [-0.2, 0) is 23.4 Å². The number of amides is 1. The molecule has 0 spiro atoms. The highest BCUT2D eigenvalue weighted by Crippen LogP contribution is 2.27. The number of hydrogen-bond acceptors (Lipinski definition) is 7. The Morgan fingerprint density at radius 1 is 1.13 bits per heavy atom. The van der Waals surface area contributed by atoms with Crippen LogP contribution in [0, 0.1) is 13.8 Å². The van der Waals surface area contributed by atoms with Gasteiger partial charge in [0, 0.05) is 17.5 Å². The maximum Gasteiger partial charge on any atom is 0.236 e. The number of rotatable bonds is 10. The van der Waals surface area contributed by atoms with Gasteiger partial charge < -0.3 is 10.1 Å². The second kappa shape index (κ2) is 12.0. The second-order valence-corrected chi connectivity index (χ2v) is 11.8. The van der Waals surface area contributed by atoms with Gasteiger partial charge in [0.25, 0.3) is 0 Å². The summed E-state index contributed by atoms with van der Waals surface area (Å²) in [5, 5.41) is 14.6. The quantitative estimate of drug-likeness (QED) is 0.173. The van der Waals surface area contributed by atoms with Crippen molar-refractivity contribution in [3.8, 4) is 17.0 Å². The van der Waals surface area contributed by atoms with E-state index >= 15 is 0 Å². The molecule has 2 heterocycles. The minimum atomic E-state index is -0.152. The first-order chi connectivity index (χ1) is 18.1. The number of nitrogens with zero attached hydrogens (tertiary/aromatic N) is 4. The largest absolute Gasteiger partial charge is 0.486 e. The number of aromatic nitrogens is 4. The van der Waals surface area contributed by atoms with Gasteiger partial charge in [-0.2, -0.15) is 0 Å². The molecule has 0 bridgehead atoms. The number of carbonyl (C=O) groups excluding carboxylic acids is 1. The molecular formula is C29H33N5O2S2. The smallest absolute Gasteiger partial charge is 0.236 e. The molecule has 9 heteroatoms. The van der Waals surface area contributed by atoms with Crippen LogP contribution in [0.1, 0.15) is 43.3 Å². The van der Waals surface area contributed by atoms with Crippen molar-refractivity contribution in [1.82, 2.24) is 19.7 Å². The Morgan fingerprint density at radius 2 is 1.89 bits per heavy atom. The van der Waals surface area contributed by atoms with E-state index < -0.39 is 0 Å². The number of aryl methyl sites for hydroxylation is 2. The van der Waals surface area contributed by atoms with Crippen LogP contribution in [0.15, 0.2) is 65.7 Å². The van der Waals surface area contributed by atoms with Crippen LogP contribution in [-0.4, -0.2) is 31.4 Å². The molecule has 198 valence electrons. The first-order valence-electron chi connectivity index (χ1n) is 12.4. The van der Waals surface area contributed by atoms with E-state index in [9.17, 15) is 4.79 Å². The standard InChI is InChI=1S/C29H33N5O2S2/c1-7-14-34-25(16-36-23-12-10-22(11-13-23)29(4,5)6)32-33-28(34)38-18-26(35)31-27-30-24(17-37-27)21-9-8-19(2)20(3)15-21/h7-13,15,17H,1,14,16,18H2,2-6H3,(H,30,31,35). The van der Waals surface area contributed by atoms with Crippen LogP contribution in [0.25, 0.3) is 11.3 Å². The summed E-state index contributed by atoms with van der Waals surface area (Å²) < 4.78 is 7.88. The molecule has 7 nitrogen and oxygen atoms in total. The van der Waals surface area contributed by atoms with Crippen molar-refractivity contribution in [2.75, 3.05) is 11.1 Å². The van der Waals surface area contributed by atoms with Gasteiger partial charge in [0.2, 0.25) is 5.91 Å². The number of anilines is 1. The number of thiazole rings is 1. The van der Waals surface area contributed by atoms with Crippen molar-refractivity contribution < 1.29 is 9.53 Å². The number of ether oxygens (including phenoxy) is 1. The van der Waals surface area contributed by atoms with E-state index in [-0.39, 0.29) is 23.7 Å². The SMILES string of the molecule is C=CCn1c(COc2ccc(C(C)(C)C)cc2)nnc1SCC(=O)Nc1nc(-c2ccc(C)c(C)c2)cs1. The van der Waals surface area contributed by atoms with Crippen LogP contribution in [0.4, 0.5) is 5.13 Å². The molecule has 0 aliphatic carbocycles. The van der Waals surface area contributed by atoms with Crippen LogP contribution in [0.5, 0.6) is 5.75 Å². The number of hydrogen-bond donors (Lipinski definition) is 1. The lowest BCUT2D eigenvalue weighted by Crippen LogP contribution is -2.15. The Balaban J connectivity index is 1.34. The average Bonchev–Trinajstić information content (AvgIpc) is 3.50. The van der Waals surface area contributed by atoms with Crippen molar-refractivity contribution in [2.24, 2.45) is 0 Å². The summed E-state index contributed by atoms with van der Waals surface area (Å²) in [7, 11) is 0. The van der Waals surface area contributed by atoms with Gasteiger partial charge in [0.15, 0.2) is 16.1 Å². The van der Waals surface area contributed by atoms with Crippen molar-refractivity contribution >= 4 is 34.1 Å². The summed E-state index contributed by atoms with van der Waals surface area (Å²) in [5.41, 5.74) is 5.67. The van der Waals surface area contributed by atoms with Crippen molar-refractivity contribution in [2.45, 2.75) is 58.3 Å². The topological polar surface area (TPSA) is 81.9 Å². The summed E-state index contributed by atoms with van der Waals surface area (Å²) in [4.78, 5) is 17.2. The van der Waals surface area contributed by atoms with E-state index in [1.54, 1.807) is 6.08 Å². The van der Waals surface area contributed by atoms with Crippen LogP contribution in [0.2, 0.25) is 0 Å². The van der Waals surface area contributed by atoms with E-state index in [0.29, 0.717) is 22.7 Å². The Morgan fingerprint density at radius 3 is 2.58 bits per heavy atom. The normalized spacial score (nSPS) is 11.4. The average molecular weight is 548 g/mol. The highest BCUT2D eigenvalue weighted by atomic mass is 32.2. The zero-order valence-electron chi connectivity index (χ0n) is 22.4. The maximum atomic E-state index is 12.6. The van der Waals surface area contributed by atoms with Crippen molar-refractivity contribution in [3.63, 3.8) is 0 Å². The van der Waals surface area contributed by atoms with Gasteiger partial charge in [-0.1, -0.05) is 62.9 Å². The Bertz CT molecular complexity index is 1420. The molecule has 4 rings (SSSR count). The lowest BCUT2D eigenvalue weighted by atomic mass is 9.87. The van der Waals surface area contributed by atoms with Gasteiger partial charge >= 0.3 is 0 Å². The monoisotopic (exact) mass is 547 g/mol. The Labute approximate surface area is 232 Å². The fourth-order valence-electron chi connectivity index (χ4n) is 3.69. The zero-order valence-corrected chi connectivity index (χ0v) is 24.1. The minimum Gasteiger partial charge on any atom is -0.486 e. The summed E-state index contributed by atoms with van der Waals surface area (Å²) >= 11 is 2.73. The molecule has 0 atom stereocenters. The van der Waals surface area contributed by atoms with E-state index in [1.165, 1.54) is 39.8 Å². The van der Waals surface area contributed by atoms with E-state index in [4.69, 9.17) is 4.74 Å². The van der Waals surface area contributed by atoms with Crippen LogP contribution >= 0.6 is 23.1 Å². The second-order valence-electron chi connectivity index (χ2n) is 10.0. The molecule has 2 aromatic carbocycles. The predicted molar refractivity (Wildman–Crippen MR) is 156 cm³/mol. The van der Waals surface area contributed by atoms with E-state index in [0.717, 1.165) is 17.0 Å². The third kappa shape index (κ3) is 6.90. The van der Waals surface area contributed by atoms with Gasteiger partial charge in [-0.05, 0) is 54.2 Å². The molecule has 2 aromatic heterocycles. The Hall–Kier alpha value is -3.43. The van der Waals surface area contributed by atoms with Crippen LogP contribution < -0.4 is 10.1 Å². The molecule has 38 heavy (non-hydrogen) atoms. The molecule has 0 fully saturated rings. The third-order valence-electron chi connectivity index (χ3n) is 6.08. The highest BCUT2D eigenvalue weighted by molar-refractivity contribution is 7.99. The number of carbonyl (C=O) groups is 1. The maximum absolute atomic E-state index is 12.6. The molecule has 0 unspecified atom stereocenters. The lowest BCUT2D eigenvalue weighted by Gasteiger charge is -2.19. The molecule has 0 saturated carbocycles. The molecule has 0 saturated heterocycles. The first kappa shape index (κ1) is 27.6. The zero-order chi connectivity index (χ0) is 27.3. The lowest BCUT2D eigenvalue weighted by molar-refractivity contribution is -0.113. The Kier molecular flexibility index (Phi) is 8.69. The number of benzene rings is 2. The number of nitrogens with one attached hydrogen (secondary N) is 1. The summed E-state index contributed by atoms with van der Waals surface area (Å²) in [6, 6.07) is 14.3. The molecular weight excluding hydrogens is 514 g/mol. The summed E-state index contributed by atoms with van der Waals surface area (Å²) in [6.45, 7) is 15.3. The van der Waals surface area contributed by atoms with Gasteiger partial charge in [-0.25, -0.2) is 4.98 Å². The van der Waals surface area contributed by atoms with Gasteiger partial charge in [-0.3, -0.25) is 9.36 Å². The molecule has 4 aromatic rings. The summed E-state index contributed by atoms with van der Waals surface area (Å²) in [5.74, 6) is 1.47. The minimum absolute atomic E-state index is 0.0865. The van der Waals surface area contributed by atoms with Gasteiger partial charge in [0.05, 0.1) is 11.4 Å². The fourth-order valence-corrected chi connectivity index (χ4v) is 5.20. The van der Waals surface area contributed by atoms with Gasteiger partial charge in [-0.15, -0.1) is 28.1 Å². The third-order valence-corrected chi connectivity index (χ3v) is 7.80. The molecule has 0 radical (unpaired) electrons.